The van der Waals surface area contributed by atoms with Crippen LogP contribution in [0, 0.1) is 5.82 Å². The summed E-state index contributed by atoms with van der Waals surface area (Å²) in [6.45, 7) is 2.35. The van der Waals surface area contributed by atoms with Gasteiger partial charge in [0.05, 0.1) is 19.3 Å². The Morgan fingerprint density at radius 3 is 2.57 bits per heavy atom. The highest BCUT2D eigenvalue weighted by molar-refractivity contribution is 5.99. The Bertz CT molecular complexity index is 638. The van der Waals surface area contributed by atoms with E-state index in [0.29, 0.717) is 23.5 Å². The van der Waals surface area contributed by atoms with E-state index in [1.165, 1.54) is 19.2 Å². The summed E-state index contributed by atoms with van der Waals surface area (Å²) >= 11 is 0. The first kappa shape index (κ1) is 15.0. The predicted octanol–water partition coefficient (Wildman–Crippen LogP) is 3.66. The first-order valence-electron chi connectivity index (χ1n) is 6.73. The molecule has 0 radical (unpaired) electrons. The molecular weight excluding hydrogens is 271 g/mol. The maximum Gasteiger partial charge on any atom is 0.170 e. The molecule has 0 fully saturated rings. The average Bonchev–Trinajstić information content (AvgIpc) is 2.48. The van der Waals surface area contributed by atoms with Crippen molar-refractivity contribution in [1.29, 1.82) is 0 Å². The van der Waals surface area contributed by atoms with Crippen LogP contribution in [0.2, 0.25) is 0 Å². The van der Waals surface area contributed by atoms with Gasteiger partial charge in [-0.15, -0.1) is 0 Å². The van der Waals surface area contributed by atoms with Gasteiger partial charge < -0.3 is 9.47 Å². The summed E-state index contributed by atoms with van der Waals surface area (Å²) in [6.07, 6.45) is 0.116. The summed E-state index contributed by atoms with van der Waals surface area (Å²) in [4.78, 5) is 12.3. The van der Waals surface area contributed by atoms with Crippen molar-refractivity contribution in [3.05, 3.63) is 59.4 Å². The van der Waals surface area contributed by atoms with Crippen molar-refractivity contribution in [2.24, 2.45) is 0 Å². The van der Waals surface area contributed by atoms with Crippen LogP contribution in [0.5, 0.6) is 11.5 Å². The molecule has 4 heteroatoms. The zero-order valence-corrected chi connectivity index (χ0v) is 12.1. The summed E-state index contributed by atoms with van der Waals surface area (Å²) < 4.78 is 23.9. The first-order chi connectivity index (χ1) is 10.2. The van der Waals surface area contributed by atoms with E-state index in [0.717, 1.165) is 0 Å². The smallest absolute Gasteiger partial charge is 0.170 e. The van der Waals surface area contributed by atoms with Crippen molar-refractivity contribution >= 4 is 5.78 Å². The number of ether oxygens (including phenoxy) is 2. The number of carbonyl (C=O) groups is 1. The summed E-state index contributed by atoms with van der Waals surface area (Å²) in [5, 5.41) is 0. The molecule has 0 aromatic heterocycles. The second kappa shape index (κ2) is 6.88. The van der Waals surface area contributed by atoms with Gasteiger partial charge in [-0.3, -0.25) is 4.79 Å². The lowest BCUT2D eigenvalue weighted by Gasteiger charge is -2.09. The maximum atomic E-state index is 13.6. The molecular formula is C17H17FO3. The minimum atomic E-state index is -0.471. The summed E-state index contributed by atoms with van der Waals surface area (Å²) in [7, 11) is 1.40. The van der Waals surface area contributed by atoms with E-state index in [1.807, 2.05) is 13.0 Å². The van der Waals surface area contributed by atoms with Crippen LogP contribution in [-0.2, 0) is 6.42 Å². The van der Waals surface area contributed by atoms with Crippen molar-refractivity contribution in [3.8, 4) is 11.5 Å². The molecule has 0 saturated carbocycles. The number of Topliss-reactive ketones (excluding diaryl/α,β-unsaturated/α-hetero) is 1. The summed E-state index contributed by atoms with van der Waals surface area (Å²) in [6, 6.07) is 11.6. The Hall–Kier alpha value is -2.36. The van der Waals surface area contributed by atoms with Crippen LogP contribution in [0.4, 0.5) is 4.39 Å². The molecule has 0 N–H and O–H groups in total. The van der Waals surface area contributed by atoms with Crippen molar-refractivity contribution in [1.82, 2.24) is 0 Å². The number of hydrogen-bond donors (Lipinski definition) is 0. The molecule has 0 aliphatic heterocycles. The molecule has 0 heterocycles. The average molecular weight is 288 g/mol. The Morgan fingerprint density at radius 1 is 1.14 bits per heavy atom. The molecule has 2 aromatic rings. The number of methoxy groups -OCH3 is 1. The van der Waals surface area contributed by atoms with Crippen molar-refractivity contribution in [2.75, 3.05) is 13.7 Å². The van der Waals surface area contributed by atoms with Gasteiger partial charge in [0, 0.05) is 6.42 Å². The van der Waals surface area contributed by atoms with Crippen molar-refractivity contribution < 1.29 is 18.7 Å². The lowest BCUT2D eigenvalue weighted by atomic mass is 10.0. The highest BCUT2D eigenvalue weighted by Gasteiger charge is 2.13. The fraction of sp³-hybridized carbons (Fsp3) is 0.235. The highest BCUT2D eigenvalue weighted by atomic mass is 19.1. The van der Waals surface area contributed by atoms with Gasteiger partial charge >= 0.3 is 0 Å². The van der Waals surface area contributed by atoms with Gasteiger partial charge in [-0.25, -0.2) is 4.39 Å². The Kier molecular flexibility index (Phi) is 4.93. The van der Waals surface area contributed by atoms with Crippen LogP contribution < -0.4 is 9.47 Å². The molecule has 2 aromatic carbocycles. The third kappa shape index (κ3) is 3.60. The van der Waals surface area contributed by atoms with E-state index in [-0.39, 0.29) is 18.0 Å². The number of para-hydroxylation sites is 1. The highest BCUT2D eigenvalue weighted by Crippen LogP contribution is 2.22. The molecule has 110 valence electrons. The lowest BCUT2D eigenvalue weighted by Crippen LogP contribution is -2.07. The second-order valence-corrected chi connectivity index (χ2v) is 4.50. The quantitative estimate of drug-likeness (QED) is 0.761. The van der Waals surface area contributed by atoms with E-state index in [2.05, 4.69) is 0 Å². The SMILES string of the molecule is CCOc1ccccc1C(=O)Cc1ccc(OC)c(F)c1. The van der Waals surface area contributed by atoms with Gasteiger partial charge in [0.2, 0.25) is 0 Å². The van der Waals surface area contributed by atoms with Crippen LogP contribution in [0.3, 0.4) is 0 Å². The first-order valence-corrected chi connectivity index (χ1v) is 6.73. The Labute approximate surface area is 123 Å². The van der Waals surface area contributed by atoms with Crippen LogP contribution >= 0.6 is 0 Å². The van der Waals surface area contributed by atoms with Crippen LogP contribution in [0.1, 0.15) is 22.8 Å². The number of carbonyl (C=O) groups excluding carboxylic acids is 1. The molecule has 0 atom stereocenters. The summed E-state index contributed by atoms with van der Waals surface area (Å²) in [5.74, 6) is 0.143. The van der Waals surface area contributed by atoms with Gasteiger partial charge in [-0.05, 0) is 36.8 Å². The Balaban J connectivity index is 2.20. The minimum absolute atomic E-state index is 0.108. The fourth-order valence-electron chi connectivity index (χ4n) is 2.08. The molecule has 21 heavy (non-hydrogen) atoms. The van der Waals surface area contributed by atoms with E-state index in [9.17, 15) is 9.18 Å². The molecule has 0 spiro atoms. The van der Waals surface area contributed by atoms with Crippen LogP contribution in [0.25, 0.3) is 0 Å². The van der Waals surface area contributed by atoms with E-state index < -0.39 is 5.82 Å². The monoisotopic (exact) mass is 288 g/mol. The maximum absolute atomic E-state index is 13.6. The molecule has 0 saturated heterocycles. The third-order valence-electron chi connectivity index (χ3n) is 3.07. The van der Waals surface area contributed by atoms with E-state index in [4.69, 9.17) is 9.47 Å². The van der Waals surface area contributed by atoms with Gasteiger partial charge in [0.1, 0.15) is 5.75 Å². The number of benzene rings is 2. The molecule has 0 aliphatic rings. The third-order valence-corrected chi connectivity index (χ3v) is 3.07. The predicted molar refractivity (Wildman–Crippen MR) is 78.6 cm³/mol. The molecule has 3 nitrogen and oxygen atoms in total. The second-order valence-electron chi connectivity index (χ2n) is 4.50. The molecule has 2 rings (SSSR count). The topological polar surface area (TPSA) is 35.5 Å². The van der Waals surface area contributed by atoms with Crippen molar-refractivity contribution in [2.45, 2.75) is 13.3 Å². The molecule has 0 unspecified atom stereocenters. The number of hydrogen-bond acceptors (Lipinski definition) is 3. The van der Waals surface area contributed by atoms with E-state index in [1.54, 1.807) is 24.3 Å². The van der Waals surface area contributed by atoms with Crippen LogP contribution in [0.15, 0.2) is 42.5 Å². The fourth-order valence-corrected chi connectivity index (χ4v) is 2.08. The van der Waals surface area contributed by atoms with Gasteiger partial charge in [0.25, 0.3) is 0 Å². The number of ketones is 1. The van der Waals surface area contributed by atoms with Crippen molar-refractivity contribution in [3.63, 3.8) is 0 Å². The largest absolute Gasteiger partial charge is 0.494 e. The van der Waals surface area contributed by atoms with Crippen LogP contribution in [-0.4, -0.2) is 19.5 Å². The number of rotatable bonds is 6. The lowest BCUT2D eigenvalue weighted by molar-refractivity contribution is 0.0989. The number of halogens is 1. The van der Waals surface area contributed by atoms with Gasteiger partial charge in [-0.1, -0.05) is 18.2 Å². The molecule has 0 aliphatic carbocycles. The van der Waals surface area contributed by atoms with E-state index >= 15 is 0 Å². The zero-order chi connectivity index (χ0) is 15.2. The zero-order valence-electron chi connectivity index (χ0n) is 12.1. The molecule has 0 bridgehead atoms. The Morgan fingerprint density at radius 2 is 1.90 bits per heavy atom. The minimum Gasteiger partial charge on any atom is -0.494 e. The standard InChI is InChI=1S/C17H17FO3/c1-3-21-16-7-5-4-6-13(16)15(19)11-12-8-9-17(20-2)14(18)10-12/h4-10H,3,11H2,1-2H3. The normalized spacial score (nSPS) is 10.2. The molecule has 0 amide bonds. The van der Waals surface area contributed by atoms with Gasteiger partial charge in [0.15, 0.2) is 17.3 Å². The van der Waals surface area contributed by atoms with Gasteiger partial charge in [-0.2, -0.15) is 0 Å². The summed E-state index contributed by atoms with van der Waals surface area (Å²) in [5.41, 5.74) is 1.11.